The summed E-state index contributed by atoms with van der Waals surface area (Å²) in [6, 6.07) is 3.54. The van der Waals surface area contributed by atoms with Crippen LogP contribution in [0, 0.1) is 0 Å². The van der Waals surface area contributed by atoms with Crippen LogP contribution in [0.2, 0.25) is 0 Å². The molecule has 6 nitrogen and oxygen atoms in total. The van der Waals surface area contributed by atoms with Gasteiger partial charge < -0.3 is 14.6 Å². The molecule has 1 aromatic rings. The molecule has 0 amide bonds. The number of carbonyl (C=O) groups is 2. The minimum atomic E-state index is -1.17. The molecule has 1 spiro atoms. The molecule has 1 unspecified atom stereocenters. The predicted molar refractivity (Wildman–Crippen MR) is 87.7 cm³/mol. The van der Waals surface area contributed by atoms with Gasteiger partial charge in [0.25, 0.3) is 0 Å². The molecule has 0 radical (unpaired) electrons. The maximum absolute atomic E-state index is 12.6. The standard InChI is InChI=1S/C19H19NO5/c1-10(21)24-13-4-3-11-9-14-19(23)6-5-12(22)17-18(19,7-8-20(14)2)15(11)16(13)25-17/h3-6,14,17,23H,7-9H2,1-2H3/t14-,17?,18+,19-/m1/s1. The molecular formula is C19H19NO5. The molecule has 2 aliphatic heterocycles. The van der Waals surface area contributed by atoms with Crippen molar-refractivity contribution in [2.75, 3.05) is 13.6 Å². The lowest BCUT2D eigenvalue weighted by atomic mass is 9.51. The summed E-state index contributed by atoms with van der Waals surface area (Å²) in [7, 11) is 2.00. The van der Waals surface area contributed by atoms with Crippen molar-refractivity contribution in [3.05, 3.63) is 35.4 Å². The van der Waals surface area contributed by atoms with Gasteiger partial charge in [-0.25, -0.2) is 0 Å². The number of likely N-dealkylation sites (tertiary alicyclic amines) is 1. The Morgan fingerprint density at radius 1 is 1.44 bits per heavy atom. The lowest BCUT2D eigenvalue weighted by Gasteiger charge is -2.60. The second kappa shape index (κ2) is 4.51. The SMILES string of the molecule is CC(=O)Oc1ccc2c3c1OC1C(=O)C=C[C@@]4(O)[C@@H](C2)N(C)CC[C@]314. The van der Waals surface area contributed by atoms with Gasteiger partial charge in [0.2, 0.25) is 0 Å². The number of carbonyl (C=O) groups excluding carboxylic acids is 2. The number of aliphatic hydroxyl groups is 1. The van der Waals surface area contributed by atoms with Crippen LogP contribution in [0.25, 0.3) is 0 Å². The predicted octanol–water partition coefficient (Wildman–Crippen LogP) is 0.741. The monoisotopic (exact) mass is 341 g/mol. The highest BCUT2D eigenvalue weighted by Gasteiger charge is 2.71. The maximum atomic E-state index is 12.6. The second-order valence-corrected chi connectivity index (χ2v) is 7.50. The van der Waals surface area contributed by atoms with Crippen LogP contribution < -0.4 is 9.47 Å². The van der Waals surface area contributed by atoms with Crippen LogP contribution >= 0.6 is 0 Å². The summed E-state index contributed by atoms with van der Waals surface area (Å²) >= 11 is 0. The molecule has 25 heavy (non-hydrogen) atoms. The minimum absolute atomic E-state index is 0.116. The van der Waals surface area contributed by atoms with Gasteiger partial charge in [0, 0.05) is 18.5 Å². The lowest BCUT2D eigenvalue weighted by molar-refractivity contribution is -0.151. The van der Waals surface area contributed by atoms with E-state index in [4.69, 9.17) is 9.47 Å². The van der Waals surface area contributed by atoms with Crippen molar-refractivity contribution in [1.29, 1.82) is 0 Å². The van der Waals surface area contributed by atoms with Crippen LogP contribution in [0.15, 0.2) is 24.3 Å². The quantitative estimate of drug-likeness (QED) is 0.600. The molecule has 0 saturated carbocycles. The third kappa shape index (κ3) is 1.57. The van der Waals surface area contributed by atoms with Crippen molar-refractivity contribution in [3.8, 4) is 11.5 Å². The van der Waals surface area contributed by atoms with Crippen molar-refractivity contribution in [1.82, 2.24) is 4.90 Å². The highest BCUT2D eigenvalue weighted by Crippen LogP contribution is 2.63. The topological polar surface area (TPSA) is 76.1 Å². The summed E-state index contributed by atoms with van der Waals surface area (Å²) in [4.78, 5) is 26.2. The lowest BCUT2D eigenvalue weighted by Crippen LogP contribution is -2.74. The molecule has 1 N–H and O–H groups in total. The number of rotatable bonds is 1. The van der Waals surface area contributed by atoms with Gasteiger partial charge in [-0.15, -0.1) is 0 Å². The number of benzene rings is 1. The first-order chi connectivity index (χ1) is 11.9. The molecule has 4 atom stereocenters. The normalized spacial score (nSPS) is 37.5. The summed E-state index contributed by atoms with van der Waals surface area (Å²) in [5.74, 6) is 0.175. The maximum Gasteiger partial charge on any atom is 0.308 e. The Kier molecular flexibility index (Phi) is 2.72. The second-order valence-electron chi connectivity index (χ2n) is 7.50. The van der Waals surface area contributed by atoms with E-state index >= 15 is 0 Å². The Hall–Kier alpha value is -2.18. The van der Waals surface area contributed by atoms with E-state index in [1.165, 1.54) is 13.0 Å². The largest absolute Gasteiger partial charge is 0.477 e. The third-order valence-corrected chi connectivity index (χ3v) is 6.38. The zero-order valence-electron chi connectivity index (χ0n) is 14.1. The molecule has 0 aromatic heterocycles. The van der Waals surface area contributed by atoms with Crippen LogP contribution in [0.1, 0.15) is 24.5 Å². The van der Waals surface area contributed by atoms with Crippen LogP contribution in [-0.2, 0) is 21.4 Å². The Bertz CT molecular complexity index is 862. The van der Waals surface area contributed by atoms with Gasteiger partial charge >= 0.3 is 5.97 Å². The van der Waals surface area contributed by atoms with Gasteiger partial charge in [-0.2, -0.15) is 0 Å². The third-order valence-electron chi connectivity index (χ3n) is 6.38. The fourth-order valence-corrected chi connectivity index (χ4v) is 5.35. The van der Waals surface area contributed by atoms with Gasteiger partial charge in [0.1, 0.15) is 5.60 Å². The van der Waals surface area contributed by atoms with Crippen LogP contribution in [0.5, 0.6) is 11.5 Å². The molecule has 1 aromatic carbocycles. The molecule has 1 saturated heterocycles. The zero-order valence-corrected chi connectivity index (χ0v) is 14.1. The van der Waals surface area contributed by atoms with E-state index in [1.54, 1.807) is 12.1 Å². The van der Waals surface area contributed by atoms with Crippen molar-refractivity contribution in [2.24, 2.45) is 0 Å². The number of hydrogen-bond donors (Lipinski definition) is 1. The first-order valence-corrected chi connectivity index (χ1v) is 8.55. The summed E-state index contributed by atoms with van der Waals surface area (Å²) < 4.78 is 11.4. The molecule has 2 heterocycles. The Labute approximate surface area is 145 Å². The van der Waals surface area contributed by atoms with Gasteiger partial charge in [0.05, 0.1) is 5.41 Å². The number of ketones is 1. The Morgan fingerprint density at radius 2 is 2.24 bits per heavy atom. The number of esters is 1. The van der Waals surface area contributed by atoms with E-state index in [0.717, 1.165) is 17.7 Å². The van der Waals surface area contributed by atoms with Gasteiger partial charge in [-0.1, -0.05) is 6.07 Å². The van der Waals surface area contributed by atoms with Gasteiger partial charge in [-0.3, -0.25) is 14.5 Å². The Balaban J connectivity index is 1.82. The van der Waals surface area contributed by atoms with E-state index in [1.807, 2.05) is 13.1 Å². The first-order valence-electron chi connectivity index (χ1n) is 8.55. The van der Waals surface area contributed by atoms with Gasteiger partial charge in [0.15, 0.2) is 23.4 Å². The van der Waals surface area contributed by atoms with Crippen LogP contribution in [0.4, 0.5) is 0 Å². The highest BCUT2D eigenvalue weighted by molar-refractivity contribution is 5.99. The molecule has 130 valence electrons. The number of hydrogen-bond acceptors (Lipinski definition) is 6. The molecule has 6 heteroatoms. The summed E-state index contributed by atoms with van der Waals surface area (Å²) in [6.45, 7) is 2.10. The highest BCUT2D eigenvalue weighted by atomic mass is 16.6. The smallest absolute Gasteiger partial charge is 0.308 e. The van der Waals surface area contributed by atoms with E-state index in [-0.39, 0.29) is 11.8 Å². The molecule has 2 aliphatic carbocycles. The fourth-order valence-electron chi connectivity index (χ4n) is 5.35. The van der Waals surface area contributed by atoms with E-state index in [9.17, 15) is 14.7 Å². The molecule has 2 bridgehead atoms. The summed E-state index contributed by atoms with van der Waals surface area (Å²) in [5, 5.41) is 11.7. The number of likely N-dealkylation sites (N-methyl/N-ethyl adjacent to an activating group) is 1. The first kappa shape index (κ1) is 15.1. The molecule has 4 aliphatic rings. The zero-order chi connectivity index (χ0) is 17.6. The van der Waals surface area contributed by atoms with Crippen LogP contribution in [0.3, 0.4) is 0 Å². The number of piperidine rings is 1. The van der Waals surface area contributed by atoms with Crippen molar-refractivity contribution in [3.63, 3.8) is 0 Å². The van der Waals surface area contributed by atoms with Crippen molar-refractivity contribution >= 4 is 11.8 Å². The van der Waals surface area contributed by atoms with Gasteiger partial charge in [-0.05, 0) is 50.2 Å². The number of ether oxygens (including phenoxy) is 2. The van der Waals surface area contributed by atoms with E-state index < -0.39 is 23.1 Å². The van der Waals surface area contributed by atoms with Crippen molar-refractivity contribution in [2.45, 2.75) is 42.9 Å². The van der Waals surface area contributed by atoms with E-state index in [0.29, 0.717) is 24.3 Å². The summed E-state index contributed by atoms with van der Waals surface area (Å²) in [6.07, 6.45) is 3.60. The minimum Gasteiger partial charge on any atom is -0.477 e. The van der Waals surface area contributed by atoms with Crippen molar-refractivity contribution < 1.29 is 24.2 Å². The average Bonchev–Trinajstić information content (AvgIpc) is 2.91. The molecule has 5 rings (SSSR count). The fraction of sp³-hybridized carbons (Fsp3) is 0.474. The molecular weight excluding hydrogens is 322 g/mol. The Morgan fingerprint density at radius 3 is 3.00 bits per heavy atom. The number of nitrogens with zero attached hydrogens (tertiary/aromatic N) is 1. The molecule has 1 fully saturated rings. The van der Waals surface area contributed by atoms with Crippen LogP contribution in [-0.4, -0.2) is 53.1 Å². The average molecular weight is 341 g/mol. The summed E-state index contributed by atoms with van der Waals surface area (Å²) in [5.41, 5.74) is -0.0839. The van der Waals surface area contributed by atoms with E-state index in [2.05, 4.69) is 4.90 Å².